The monoisotopic (exact) mass is 171 g/mol. The maximum atomic E-state index is 11.2. The molecule has 0 saturated carbocycles. The van der Waals surface area contributed by atoms with E-state index >= 15 is 0 Å². The van der Waals surface area contributed by atoms with Crippen molar-refractivity contribution in [2.45, 2.75) is 51.3 Å². The predicted molar refractivity (Wildman–Crippen MR) is 46.9 cm³/mol. The normalized spacial score (nSPS) is 31.7. The first-order valence-electron chi connectivity index (χ1n) is 4.38. The molecule has 3 nitrogen and oxygen atoms in total. The third-order valence-electron chi connectivity index (χ3n) is 2.25. The molecule has 1 fully saturated rings. The van der Waals surface area contributed by atoms with Gasteiger partial charge in [0.25, 0.3) is 0 Å². The van der Waals surface area contributed by atoms with Crippen molar-refractivity contribution in [1.82, 2.24) is 5.32 Å². The molecule has 0 aliphatic carbocycles. The number of nitrogens with one attached hydrogen (secondary N) is 1. The lowest BCUT2D eigenvalue weighted by molar-refractivity contribution is -0.124. The minimum Gasteiger partial charge on any atom is -0.392 e. The van der Waals surface area contributed by atoms with Crippen LogP contribution in [0.25, 0.3) is 0 Å². The Morgan fingerprint density at radius 3 is 2.67 bits per heavy atom. The van der Waals surface area contributed by atoms with E-state index in [-0.39, 0.29) is 17.4 Å². The zero-order chi connectivity index (χ0) is 9.35. The Hall–Kier alpha value is -0.410. The van der Waals surface area contributed by atoms with Crippen LogP contribution < -0.4 is 5.32 Å². The molecule has 0 amide bonds. The zero-order valence-corrected chi connectivity index (χ0v) is 7.92. The lowest BCUT2D eigenvalue weighted by Gasteiger charge is -2.37. The number of aliphatic hydroxyl groups excluding tert-OH is 1. The second-order valence-corrected chi connectivity index (χ2v) is 4.29. The van der Waals surface area contributed by atoms with Crippen LogP contribution in [0.15, 0.2) is 0 Å². The van der Waals surface area contributed by atoms with E-state index in [0.29, 0.717) is 12.8 Å². The van der Waals surface area contributed by atoms with Crippen LogP contribution in [-0.4, -0.2) is 28.6 Å². The van der Waals surface area contributed by atoms with Crippen LogP contribution in [0.3, 0.4) is 0 Å². The summed E-state index contributed by atoms with van der Waals surface area (Å²) in [5.74, 6) is 0.240. The van der Waals surface area contributed by atoms with Crippen molar-refractivity contribution in [1.29, 1.82) is 0 Å². The highest BCUT2D eigenvalue weighted by Gasteiger charge is 2.33. The van der Waals surface area contributed by atoms with Gasteiger partial charge in [0.05, 0.1) is 6.10 Å². The van der Waals surface area contributed by atoms with E-state index in [0.717, 1.165) is 0 Å². The Bertz CT molecular complexity index is 187. The fourth-order valence-corrected chi connectivity index (χ4v) is 1.71. The minimum atomic E-state index is -0.450. The van der Waals surface area contributed by atoms with Gasteiger partial charge in [0.1, 0.15) is 5.78 Å². The Morgan fingerprint density at radius 1 is 1.67 bits per heavy atom. The van der Waals surface area contributed by atoms with E-state index in [9.17, 15) is 9.90 Å². The maximum absolute atomic E-state index is 11.2. The van der Waals surface area contributed by atoms with Crippen molar-refractivity contribution in [2.24, 2.45) is 0 Å². The number of rotatable bonds is 1. The van der Waals surface area contributed by atoms with Crippen LogP contribution in [0, 0.1) is 0 Å². The number of aliphatic hydroxyl groups is 1. The largest absolute Gasteiger partial charge is 0.392 e. The molecule has 0 aromatic rings. The average molecular weight is 171 g/mol. The number of carbonyl (C=O) groups is 1. The van der Waals surface area contributed by atoms with Gasteiger partial charge in [0.2, 0.25) is 0 Å². The summed E-state index contributed by atoms with van der Waals surface area (Å²) in [5.41, 5.74) is -0.156. The van der Waals surface area contributed by atoms with Gasteiger partial charge in [-0.1, -0.05) is 0 Å². The number of piperidine rings is 1. The minimum absolute atomic E-state index is 0.0683. The fourth-order valence-electron chi connectivity index (χ4n) is 1.71. The number of ketones is 1. The molecule has 0 spiro atoms. The van der Waals surface area contributed by atoms with Crippen LogP contribution in [-0.2, 0) is 4.79 Å². The quantitative estimate of drug-likeness (QED) is 0.603. The first kappa shape index (κ1) is 9.68. The zero-order valence-electron chi connectivity index (χ0n) is 7.92. The molecular formula is C9H17NO2. The van der Waals surface area contributed by atoms with Crippen LogP contribution in [0.1, 0.15) is 33.6 Å². The molecule has 1 saturated heterocycles. The molecule has 12 heavy (non-hydrogen) atoms. The topological polar surface area (TPSA) is 49.3 Å². The van der Waals surface area contributed by atoms with E-state index < -0.39 is 6.10 Å². The highest BCUT2D eigenvalue weighted by Crippen LogP contribution is 2.20. The first-order chi connectivity index (χ1) is 5.41. The van der Waals surface area contributed by atoms with E-state index in [1.165, 1.54) is 0 Å². The van der Waals surface area contributed by atoms with Crippen molar-refractivity contribution in [3.05, 3.63) is 0 Å². The Kier molecular flexibility index (Phi) is 2.54. The van der Waals surface area contributed by atoms with Crippen LogP contribution in [0.4, 0.5) is 0 Å². The van der Waals surface area contributed by atoms with Gasteiger partial charge in [-0.15, -0.1) is 0 Å². The molecule has 0 unspecified atom stereocenters. The summed E-state index contributed by atoms with van der Waals surface area (Å²) in [6.45, 7) is 5.69. The molecule has 1 rings (SSSR count). The van der Waals surface area contributed by atoms with Crippen molar-refractivity contribution < 1.29 is 9.90 Å². The smallest absolute Gasteiger partial charge is 0.136 e. The summed E-state index contributed by atoms with van der Waals surface area (Å²) in [6.07, 6.45) is 0.575. The van der Waals surface area contributed by atoms with Crippen molar-refractivity contribution in [2.75, 3.05) is 0 Å². The summed E-state index contributed by atoms with van der Waals surface area (Å²) >= 11 is 0. The molecular weight excluding hydrogens is 154 g/mol. The predicted octanol–water partition coefficient (Wildman–Crippen LogP) is 0.467. The van der Waals surface area contributed by atoms with Gasteiger partial charge in [-0.25, -0.2) is 0 Å². The van der Waals surface area contributed by atoms with Gasteiger partial charge in [-0.2, -0.15) is 0 Å². The van der Waals surface area contributed by atoms with Gasteiger partial charge in [0, 0.05) is 24.4 Å². The summed E-state index contributed by atoms with van der Waals surface area (Å²) in [4.78, 5) is 11.2. The van der Waals surface area contributed by atoms with Crippen LogP contribution >= 0.6 is 0 Å². The number of Topliss-reactive ketones (excluding diaryl/α,β-unsaturated/α-hetero) is 1. The molecule has 0 radical (unpaired) electrons. The molecule has 0 aromatic heterocycles. The molecule has 70 valence electrons. The summed E-state index contributed by atoms with van der Waals surface area (Å²) in [5, 5.41) is 12.6. The Labute approximate surface area is 73.2 Å². The Balaban J connectivity index is 2.64. The molecule has 0 aromatic carbocycles. The molecule has 0 bridgehead atoms. The van der Waals surface area contributed by atoms with Gasteiger partial charge in [0.15, 0.2) is 0 Å². The molecule has 2 atom stereocenters. The summed E-state index contributed by atoms with van der Waals surface area (Å²) < 4.78 is 0. The highest BCUT2D eigenvalue weighted by atomic mass is 16.3. The van der Waals surface area contributed by atoms with Gasteiger partial charge < -0.3 is 10.4 Å². The number of carbonyl (C=O) groups excluding carboxylic acids is 1. The van der Waals surface area contributed by atoms with Crippen LogP contribution in [0.5, 0.6) is 0 Å². The molecule has 1 aliphatic rings. The molecule has 1 aliphatic heterocycles. The van der Waals surface area contributed by atoms with Gasteiger partial charge in [-0.3, -0.25) is 4.79 Å². The average Bonchev–Trinajstić information content (AvgIpc) is 1.82. The van der Waals surface area contributed by atoms with Gasteiger partial charge in [-0.05, 0) is 20.8 Å². The van der Waals surface area contributed by atoms with Crippen molar-refractivity contribution in [3.8, 4) is 0 Å². The first-order valence-corrected chi connectivity index (χ1v) is 4.38. The number of hydrogen-bond acceptors (Lipinski definition) is 3. The molecule has 3 heteroatoms. The van der Waals surface area contributed by atoms with Crippen molar-refractivity contribution >= 4 is 5.78 Å². The van der Waals surface area contributed by atoms with E-state index in [4.69, 9.17) is 0 Å². The fraction of sp³-hybridized carbons (Fsp3) is 0.889. The van der Waals surface area contributed by atoms with E-state index in [2.05, 4.69) is 5.32 Å². The van der Waals surface area contributed by atoms with Crippen molar-refractivity contribution in [3.63, 3.8) is 0 Å². The molecule has 2 N–H and O–H groups in total. The lowest BCUT2D eigenvalue weighted by Crippen LogP contribution is -2.56. The third-order valence-corrected chi connectivity index (χ3v) is 2.25. The standard InChI is InChI=1S/C9H17NO2/c1-6(11)8-4-7(12)5-9(2,3)10-8/h6,8,10-11H,4-5H2,1-3H3/t6-,8-/m0/s1. The lowest BCUT2D eigenvalue weighted by atomic mass is 9.87. The van der Waals surface area contributed by atoms with E-state index in [1.54, 1.807) is 6.92 Å². The molecule has 1 heterocycles. The summed E-state index contributed by atoms with van der Waals surface area (Å²) in [6, 6.07) is -0.0683. The second kappa shape index (κ2) is 3.15. The third kappa shape index (κ3) is 2.29. The maximum Gasteiger partial charge on any atom is 0.136 e. The second-order valence-electron chi connectivity index (χ2n) is 4.29. The van der Waals surface area contributed by atoms with E-state index in [1.807, 2.05) is 13.8 Å². The van der Waals surface area contributed by atoms with Crippen LogP contribution in [0.2, 0.25) is 0 Å². The number of hydrogen-bond donors (Lipinski definition) is 2. The highest BCUT2D eigenvalue weighted by molar-refractivity contribution is 5.81. The SMILES string of the molecule is C[C@H](O)[C@@H]1CC(=O)CC(C)(C)N1. The Morgan fingerprint density at radius 2 is 2.25 bits per heavy atom. The van der Waals surface area contributed by atoms with Gasteiger partial charge >= 0.3 is 0 Å². The summed E-state index contributed by atoms with van der Waals surface area (Å²) in [7, 11) is 0.